The number of nitrogens with one attached hydrogen (secondary N) is 2. The fourth-order valence-electron chi connectivity index (χ4n) is 2.35. The quantitative estimate of drug-likeness (QED) is 0.618. The summed E-state index contributed by atoms with van der Waals surface area (Å²) in [4.78, 5) is 24.4. The van der Waals surface area contributed by atoms with E-state index in [9.17, 15) is 9.59 Å². The van der Waals surface area contributed by atoms with E-state index in [-0.39, 0.29) is 6.03 Å². The first kappa shape index (κ1) is 14.1. The molecule has 0 aromatic rings. The Labute approximate surface area is 113 Å². The predicted octanol–water partition coefficient (Wildman–Crippen LogP) is 0.635. The minimum Gasteiger partial charge on any atom is -0.481 e. The Balaban J connectivity index is 1.59. The minimum atomic E-state index is -0.800. The highest BCUT2D eigenvalue weighted by molar-refractivity contribution is 5.76. The van der Waals surface area contributed by atoms with Gasteiger partial charge in [-0.3, -0.25) is 4.79 Å². The van der Waals surface area contributed by atoms with Crippen LogP contribution in [0.4, 0.5) is 4.79 Å². The van der Waals surface area contributed by atoms with Crippen LogP contribution in [0.2, 0.25) is 0 Å². The molecule has 2 fully saturated rings. The minimum absolute atomic E-state index is 0.127. The van der Waals surface area contributed by atoms with E-state index in [0.29, 0.717) is 32.1 Å². The fraction of sp³-hybridized carbons (Fsp3) is 0.846. The van der Waals surface area contributed by atoms with Crippen molar-refractivity contribution < 1.29 is 14.7 Å². The number of carboxylic acids is 1. The lowest BCUT2D eigenvalue weighted by molar-refractivity contribution is -0.143. The van der Waals surface area contributed by atoms with E-state index in [1.54, 1.807) is 4.90 Å². The molecule has 2 aliphatic rings. The van der Waals surface area contributed by atoms with Crippen LogP contribution in [0.15, 0.2) is 0 Å². The van der Waals surface area contributed by atoms with E-state index in [4.69, 9.17) is 5.11 Å². The maximum absolute atomic E-state index is 11.9. The van der Waals surface area contributed by atoms with Gasteiger partial charge in [0.25, 0.3) is 0 Å². The van der Waals surface area contributed by atoms with Crippen molar-refractivity contribution in [2.24, 2.45) is 5.92 Å². The van der Waals surface area contributed by atoms with Crippen molar-refractivity contribution in [2.75, 3.05) is 26.2 Å². The molecule has 0 spiro atoms. The first-order valence-corrected chi connectivity index (χ1v) is 7.16. The van der Waals surface area contributed by atoms with Crippen molar-refractivity contribution in [1.29, 1.82) is 0 Å². The molecule has 108 valence electrons. The number of carboxylic acid groups (broad SMARTS) is 1. The average molecular weight is 269 g/mol. The van der Waals surface area contributed by atoms with Crippen molar-refractivity contribution in [3.05, 3.63) is 0 Å². The van der Waals surface area contributed by atoms with Gasteiger partial charge in [0, 0.05) is 25.7 Å². The van der Waals surface area contributed by atoms with Crippen LogP contribution in [-0.2, 0) is 4.79 Å². The Morgan fingerprint density at radius 3 is 2.68 bits per heavy atom. The number of carbonyl (C=O) groups excluding carboxylic acids is 1. The normalized spacial score (nSPS) is 23.2. The average Bonchev–Trinajstić information content (AvgIpc) is 3.22. The molecule has 2 amide bonds. The molecule has 3 N–H and O–H groups in total. The second-order valence-electron chi connectivity index (χ2n) is 5.44. The number of rotatable bonds is 6. The summed E-state index contributed by atoms with van der Waals surface area (Å²) in [7, 11) is 0. The highest BCUT2D eigenvalue weighted by atomic mass is 16.4. The zero-order chi connectivity index (χ0) is 13.7. The molecule has 6 heteroatoms. The number of hydrogen-bond donors (Lipinski definition) is 3. The number of urea groups is 1. The van der Waals surface area contributed by atoms with Gasteiger partial charge in [-0.25, -0.2) is 4.79 Å². The molecular weight excluding hydrogens is 246 g/mol. The van der Waals surface area contributed by atoms with Crippen LogP contribution in [-0.4, -0.2) is 54.2 Å². The standard InChI is InChI=1S/C13H23N3O3/c17-12(18)10-3-1-8-16(9-10)13(19)15-7-2-6-14-11-4-5-11/h10-11,14H,1-9H2,(H,15,19)(H,17,18). The summed E-state index contributed by atoms with van der Waals surface area (Å²) in [5.41, 5.74) is 0. The second-order valence-corrected chi connectivity index (χ2v) is 5.44. The third-order valence-corrected chi connectivity index (χ3v) is 3.70. The number of piperidine rings is 1. The summed E-state index contributed by atoms with van der Waals surface area (Å²) >= 11 is 0. The van der Waals surface area contributed by atoms with E-state index in [1.807, 2.05) is 0 Å². The molecule has 0 aromatic heterocycles. The molecule has 19 heavy (non-hydrogen) atoms. The molecule has 2 rings (SSSR count). The van der Waals surface area contributed by atoms with E-state index in [2.05, 4.69) is 10.6 Å². The predicted molar refractivity (Wildman–Crippen MR) is 71.0 cm³/mol. The van der Waals surface area contributed by atoms with Gasteiger partial charge in [-0.1, -0.05) is 0 Å². The second kappa shape index (κ2) is 6.75. The van der Waals surface area contributed by atoms with Crippen molar-refractivity contribution in [3.8, 4) is 0 Å². The van der Waals surface area contributed by atoms with Gasteiger partial charge in [0.05, 0.1) is 5.92 Å². The Morgan fingerprint density at radius 2 is 2.00 bits per heavy atom. The number of carbonyl (C=O) groups is 2. The molecule has 6 nitrogen and oxygen atoms in total. The maximum atomic E-state index is 11.9. The Hall–Kier alpha value is -1.30. The first-order chi connectivity index (χ1) is 9.16. The molecule has 0 radical (unpaired) electrons. The van der Waals surface area contributed by atoms with Gasteiger partial charge < -0.3 is 20.6 Å². The molecule has 1 atom stereocenters. The first-order valence-electron chi connectivity index (χ1n) is 7.16. The van der Waals surface area contributed by atoms with Crippen LogP contribution < -0.4 is 10.6 Å². The van der Waals surface area contributed by atoms with Crippen molar-refractivity contribution in [3.63, 3.8) is 0 Å². The molecule has 1 saturated carbocycles. The zero-order valence-electron chi connectivity index (χ0n) is 11.2. The van der Waals surface area contributed by atoms with Gasteiger partial charge >= 0.3 is 12.0 Å². The largest absolute Gasteiger partial charge is 0.481 e. The summed E-state index contributed by atoms with van der Waals surface area (Å²) < 4.78 is 0. The lowest BCUT2D eigenvalue weighted by atomic mass is 9.99. The van der Waals surface area contributed by atoms with E-state index >= 15 is 0 Å². The lowest BCUT2D eigenvalue weighted by Gasteiger charge is -2.30. The highest BCUT2D eigenvalue weighted by Crippen LogP contribution is 2.18. The van der Waals surface area contributed by atoms with Crippen LogP contribution in [0, 0.1) is 5.92 Å². The molecule has 0 bridgehead atoms. The monoisotopic (exact) mass is 269 g/mol. The zero-order valence-corrected chi connectivity index (χ0v) is 11.2. The Kier molecular flexibility index (Phi) is 5.01. The Bertz CT molecular complexity index is 331. The smallest absolute Gasteiger partial charge is 0.317 e. The SMILES string of the molecule is O=C(O)C1CCCN(C(=O)NCCCNC2CC2)C1. The molecule has 1 heterocycles. The summed E-state index contributed by atoms with van der Waals surface area (Å²) in [5.74, 6) is -1.21. The lowest BCUT2D eigenvalue weighted by Crippen LogP contribution is -2.47. The van der Waals surface area contributed by atoms with Crippen LogP contribution in [0.1, 0.15) is 32.1 Å². The number of amides is 2. The molecule has 1 aliphatic carbocycles. The molecule has 0 aromatic carbocycles. The third-order valence-electron chi connectivity index (χ3n) is 3.70. The van der Waals surface area contributed by atoms with Crippen molar-refractivity contribution in [2.45, 2.75) is 38.1 Å². The number of hydrogen-bond acceptors (Lipinski definition) is 3. The van der Waals surface area contributed by atoms with E-state index < -0.39 is 11.9 Å². The maximum Gasteiger partial charge on any atom is 0.317 e. The van der Waals surface area contributed by atoms with Crippen molar-refractivity contribution >= 4 is 12.0 Å². The van der Waals surface area contributed by atoms with Crippen LogP contribution >= 0.6 is 0 Å². The van der Waals surface area contributed by atoms with Gasteiger partial charge in [0.1, 0.15) is 0 Å². The highest BCUT2D eigenvalue weighted by Gasteiger charge is 2.27. The van der Waals surface area contributed by atoms with Crippen LogP contribution in [0.25, 0.3) is 0 Å². The summed E-state index contributed by atoms with van der Waals surface area (Å²) in [6.45, 7) is 2.58. The topological polar surface area (TPSA) is 81.7 Å². The van der Waals surface area contributed by atoms with Crippen LogP contribution in [0.5, 0.6) is 0 Å². The summed E-state index contributed by atoms with van der Waals surface area (Å²) in [6, 6.07) is 0.575. The van der Waals surface area contributed by atoms with Crippen LogP contribution in [0.3, 0.4) is 0 Å². The summed E-state index contributed by atoms with van der Waals surface area (Å²) in [6.07, 6.45) is 4.91. The number of likely N-dealkylation sites (tertiary alicyclic amines) is 1. The molecule has 1 aliphatic heterocycles. The fourth-order valence-corrected chi connectivity index (χ4v) is 2.35. The van der Waals surface area contributed by atoms with Crippen molar-refractivity contribution in [1.82, 2.24) is 15.5 Å². The number of aliphatic carboxylic acids is 1. The van der Waals surface area contributed by atoms with E-state index in [1.165, 1.54) is 12.8 Å². The molecule has 1 unspecified atom stereocenters. The summed E-state index contributed by atoms with van der Waals surface area (Å²) in [5, 5.41) is 15.2. The van der Waals surface area contributed by atoms with Gasteiger partial charge in [0.2, 0.25) is 0 Å². The molecular formula is C13H23N3O3. The third kappa shape index (κ3) is 4.70. The van der Waals surface area contributed by atoms with Gasteiger partial charge in [0.15, 0.2) is 0 Å². The van der Waals surface area contributed by atoms with Gasteiger partial charge in [-0.2, -0.15) is 0 Å². The Morgan fingerprint density at radius 1 is 1.21 bits per heavy atom. The van der Waals surface area contributed by atoms with Gasteiger partial charge in [-0.15, -0.1) is 0 Å². The molecule has 1 saturated heterocycles. The van der Waals surface area contributed by atoms with E-state index in [0.717, 1.165) is 19.4 Å². The number of nitrogens with zero attached hydrogens (tertiary/aromatic N) is 1. The van der Waals surface area contributed by atoms with Gasteiger partial charge in [-0.05, 0) is 38.6 Å².